The molecule has 8 nitrogen and oxygen atoms in total. The second-order valence-corrected chi connectivity index (χ2v) is 10.9. The molecule has 2 heterocycles. The fraction of sp³-hybridized carbons (Fsp3) is 0.267. The molecule has 2 aliphatic heterocycles. The van der Waals surface area contributed by atoms with E-state index in [1.165, 1.54) is 0 Å². The molecule has 1 aliphatic carbocycles. The Morgan fingerprint density at radius 2 is 1.74 bits per heavy atom. The van der Waals surface area contributed by atoms with Crippen molar-refractivity contribution < 1.29 is 33.9 Å². The van der Waals surface area contributed by atoms with E-state index in [2.05, 4.69) is 0 Å². The molecule has 0 unspecified atom stereocenters. The SMILES string of the molecule is CN1C(=CC2=C(O)C(=CC3=[N+](C)c4ccc(OC=O)cc4C3(C)C)C2=O)C(C)(C)c2cc(C(=O)O)ccc21. The molecule has 0 spiro atoms. The Kier molecular flexibility index (Phi) is 5.49. The predicted octanol–water partition coefficient (Wildman–Crippen LogP) is 4.56. The molecule has 8 heteroatoms. The number of benzene rings is 2. The van der Waals surface area contributed by atoms with E-state index < -0.39 is 16.8 Å². The molecular weight excluding hydrogens is 484 g/mol. The van der Waals surface area contributed by atoms with Gasteiger partial charge in [-0.25, -0.2) is 4.79 Å². The number of aliphatic hydroxyl groups excluding tert-OH is 1. The summed E-state index contributed by atoms with van der Waals surface area (Å²) in [5.41, 5.74) is 4.73. The van der Waals surface area contributed by atoms with Crippen LogP contribution in [0.1, 0.15) is 49.2 Å². The Balaban J connectivity index is 1.52. The number of aliphatic hydroxyl groups is 1. The number of nitrogens with zero attached hydrogens (tertiary/aromatic N) is 2. The van der Waals surface area contributed by atoms with Gasteiger partial charge in [0.25, 0.3) is 6.47 Å². The fourth-order valence-electron chi connectivity index (χ4n) is 5.81. The molecular formula is C30H29N2O6+. The lowest BCUT2D eigenvalue weighted by Gasteiger charge is -2.27. The lowest BCUT2D eigenvalue weighted by atomic mass is 9.77. The molecule has 0 saturated heterocycles. The van der Waals surface area contributed by atoms with E-state index in [-0.39, 0.29) is 28.3 Å². The molecule has 0 amide bonds. The third-order valence-electron chi connectivity index (χ3n) is 8.03. The number of carbonyl (C=O) groups excluding carboxylic acids is 2. The van der Waals surface area contributed by atoms with Gasteiger partial charge in [0.2, 0.25) is 11.5 Å². The first-order chi connectivity index (χ1) is 17.8. The molecule has 0 radical (unpaired) electrons. The quantitative estimate of drug-likeness (QED) is 0.343. The summed E-state index contributed by atoms with van der Waals surface area (Å²) in [4.78, 5) is 37.5. The molecule has 0 saturated carbocycles. The van der Waals surface area contributed by atoms with Crippen molar-refractivity contribution in [1.29, 1.82) is 0 Å². The zero-order valence-electron chi connectivity index (χ0n) is 22.1. The number of ether oxygens (including phenoxy) is 1. The van der Waals surface area contributed by atoms with Crippen molar-refractivity contribution >= 4 is 35.3 Å². The fourth-order valence-corrected chi connectivity index (χ4v) is 5.81. The van der Waals surface area contributed by atoms with Gasteiger partial charge >= 0.3 is 5.97 Å². The second-order valence-electron chi connectivity index (χ2n) is 10.9. The van der Waals surface area contributed by atoms with Gasteiger partial charge in [0.15, 0.2) is 5.71 Å². The number of carbonyl (C=O) groups is 3. The normalized spacial score (nSPS) is 21.1. The van der Waals surface area contributed by atoms with Crippen LogP contribution >= 0.6 is 0 Å². The Hall–Kier alpha value is -4.46. The number of carboxylic acid groups (broad SMARTS) is 1. The number of hydrogen-bond donors (Lipinski definition) is 2. The number of carboxylic acids is 1. The highest BCUT2D eigenvalue weighted by Crippen LogP contribution is 2.49. The molecule has 0 bridgehead atoms. The van der Waals surface area contributed by atoms with E-state index in [0.29, 0.717) is 12.2 Å². The van der Waals surface area contributed by atoms with Crippen LogP contribution in [-0.2, 0) is 20.4 Å². The predicted molar refractivity (Wildman–Crippen MR) is 143 cm³/mol. The maximum atomic E-state index is 13.3. The molecule has 2 aromatic carbocycles. The van der Waals surface area contributed by atoms with Crippen molar-refractivity contribution in [3.63, 3.8) is 0 Å². The Labute approximate surface area is 220 Å². The average molecular weight is 514 g/mol. The number of aromatic carboxylic acids is 1. The van der Waals surface area contributed by atoms with Gasteiger partial charge in [0.05, 0.1) is 22.1 Å². The summed E-state index contributed by atoms with van der Waals surface area (Å²) >= 11 is 0. The summed E-state index contributed by atoms with van der Waals surface area (Å²) in [6, 6.07) is 10.4. The third-order valence-corrected chi connectivity index (χ3v) is 8.03. The zero-order valence-corrected chi connectivity index (χ0v) is 22.1. The van der Waals surface area contributed by atoms with E-state index in [4.69, 9.17) is 4.74 Å². The lowest BCUT2D eigenvalue weighted by molar-refractivity contribution is -0.401. The van der Waals surface area contributed by atoms with Gasteiger partial charge in [-0.3, -0.25) is 9.59 Å². The summed E-state index contributed by atoms with van der Waals surface area (Å²) in [5, 5.41) is 20.4. The summed E-state index contributed by atoms with van der Waals surface area (Å²) < 4.78 is 6.99. The van der Waals surface area contributed by atoms with Crippen LogP contribution in [-0.4, -0.2) is 52.8 Å². The number of likely N-dealkylation sites (N-methyl/N-ethyl adjacent to an activating group) is 1. The van der Waals surface area contributed by atoms with Gasteiger partial charge in [-0.15, -0.1) is 0 Å². The number of allylic oxidation sites excluding steroid dienone is 5. The van der Waals surface area contributed by atoms with E-state index in [1.54, 1.807) is 36.4 Å². The minimum atomic E-state index is -1.00. The highest BCUT2D eigenvalue weighted by atomic mass is 16.5. The van der Waals surface area contributed by atoms with Crippen LogP contribution in [0, 0.1) is 0 Å². The van der Waals surface area contributed by atoms with Gasteiger partial charge in [0, 0.05) is 41.6 Å². The number of anilines is 1. The third kappa shape index (κ3) is 3.44. The van der Waals surface area contributed by atoms with Crippen molar-refractivity contribution in [3.8, 4) is 5.75 Å². The molecule has 2 aromatic rings. The number of rotatable bonds is 5. The zero-order chi connectivity index (χ0) is 27.7. The summed E-state index contributed by atoms with van der Waals surface area (Å²) in [7, 11) is 3.76. The van der Waals surface area contributed by atoms with Gasteiger partial charge in [0.1, 0.15) is 18.6 Å². The van der Waals surface area contributed by atoms with E-state index in [9.17, 15) is 24.6 Å². The van der Waals surface area contributed by atoms with E-state index in [0.717, 1.165) is 33.9 Å². The summed E-state index contributed by atoms with van der Waals surface area (Å²) in [6.07, 6.45) is 3.42. The molecule has 194 valence electrons. The first kappa shape index (κ1) is 25.2. The second kappa shape index (κ2) is 8.28. The molecule has 2 N–H and O–H groups in total. The molecule has 0 fully saturated rings. The summed E-state index contributed by atoms with van der Waals surface area (Å²) in [6.45, 7) is 8.35. The minimum absolute atomic E-state index is 0.0773. The molecule has 38 heavy (non-hydrogen) atoms. The van der Waals surface area contributed by atoms with Crippen molar-refractivity contribution in [3.05, 3.63) is 87.8 Å². The highest BCUT2D eigenvalue weighted by Gasteiger charge is 2.46. The standard InChI is InChI=1S/C30H28N2O6/c1-29(2)20-11-16(28(36)37)7-9-22(20)31(5)24(29)13-18-26(34)19(27(18)35)14-25-30(3,4)21-12-17(38-15-33)8-10-23(21)32(25)6/h7-15H,1-6H3,(H-,34,35,36,37)/p+1. The Morgan fingerprint density at radius 3 is 2.37 bits per heavy atom. The van der Waals surface area contributed by atoms with Crippen molar-refractivity contribution in [2.75, 3.05) is 19.0 Å². The largest absolute Gasteiger partial charge is 0.506 e. The van der Waals surface area contributed by atoms with Crippen LogP contribution in [0.4, 0.5) is 11.4 Å². The maximum absolute atomic E-state index is 13.3. The van der Waals surface area contributed by atoms with Crippen LogP contribution in [0.5, 0.6) is 5.75 Å². The van der Waals surface area contributed by atoms with E-state index in [1.807, 2.05) is 63.4 Å². The number of Topliss-reactive ketones (excluding diaryl/α,β-unsaturated/α-hetero) is 1. The van der Waals surface area contributed by atoms with Crippen LogP contribution < -0.4 is 9.64 Å². The van der Waals surface area contributed by atoms with Crippen LogP contribution in [0.3, 0.4) is 0 Å². The van der Waals surface area contributed by atoms with Crippen LogP contribution in [0.2, 0.25) is 0 Å². The van der Waals surface area contributed by atoms with Gasteiger partial charge < -0.3 is 19.8 Å². The average Bonchev–Trinajstić information content (AvgIpc) is 3.18. The van der Waals surface area contributed by atoms with Gasteiger partial charge in [-0.1, -0.05) is 13.8 Å². The number of hydrogen-bond acceptors (Lipinski definition) is 6. The first-order valence-electron chi connectivity index (χ1n) is 12.2. The lowest BCUT2D eigenvalue weighted by Crippen LogP contribution is -2.31. The minimum Gasteiger partial charge on any atom is -0.506 e. The molecule has 5 rings (SSSR count). The number of ketones is 1. The van der Waals surface area contributed by atoms with Gasteiger partial charge in [-0.2, -0.15) is 4.58 Å². The Bertz CT molecular complexity index is 1590. The number of fused-ring (bicyclic) bond motifs is 2. The topological polar surface area (TPSA) is 107 Å². The Morgan fingerprint density at radius 1 is 1.03 bits per heavy atom. The van der Waals surface area contributed by atoms with Crippen LogP contribution in [0.15, 0.2) is 71.2 Å². The molecule has 0 atom stereocenters. The molecule has 3 aliphatic rings. The molecule has 0 aromatic heterocycles. The summed E-state index contributed by atoms with van der Waals surface area (Å²) in [5.74, 6) is -0.907. The van der Waals surface area contributed by atoms with Gasteiger partial charge in [-0.05, 0) is 55.8 Å². The monoisotopic (exact) mass is 513 g/mol. The maximum Gasteiger partial charge on any atom is 0.335 e. The highest BCUT2D eigenvalue weighted by molar-refractivity contribution is 6.24. The van der Waals surface area contributed by atoms with Crippen LogP contribution in [0.25, 0.3) is 0 Å². The van der Waals surface area contributed by atoms with Crippen molar-refractivity contribution in [1.82, 2.24) is 0 Å². The first-order valence-corrected chi connectivity index (χ1v) is 12.2. The van der Waals surface area contributed by atoms with Crippen molar-refractivity contribution in [2.24, 2.45) is 0 Å². The van der Waals surface area contributed by atoms with Crippen molar-refractivity contribution in [2.45, 2.75) is 38.5 Å². The van der Waals surface area contributed by atoms with E-state index >= 15 is 0 Å². The smallest absolute Gasteiger partial charge is 0.335 e.